The molecule has 0 unspecified atom stereocenters. The quantitative estimate of drug-likeness (QED) is 0.801. The lowest BCUT2D eigenvalue weighted by molar-refractivity contribution is 0.117. The van der Waals surface area contributed by atoms with E-state index in [1.807, 2.05) is 36.1 Å². The van der Waals surface area contributed by atoms with Crippen LogP contribution < -0.4 is 4.74 Å². The number of aryl methyl sites for hydroxylation is 1. The molecule has 1 fully saturated rings. The summed E-state index contributed by atoms with van der Waals surface area (Å²) < 4.78 is 30.1. The highest BCUT2D eigenvalue weighted by Crippen LogP contribution is 2.19. The largest absolute Gasteiger partial charge is 0.489 e. The Kier molecular flexibility index (Phi) is 4.53. The Morgan fingerprint density at radius 1 is 1.33 bits per heavy atom. The van der Waals surface area contributed by atoms with Crippen LogP contribution in [0.4, 0.5) is 8.78 Å². The van der Waals surface area contributed by atoms with Gasteiger partial charge in [-0.3, -0.25) is 4.90 Å². The zero-order valence-corrected chi connectivity index (χ0v) is 10.6. The van der Waals surface area contributed by atoms with Crippen molar-refractivity contribution in [1.82, 2.24) is 4.90 Å². The van der Waals surface area contributed by atoms with Crippen molar-refractivity contribution >= 4 is 0 Å². The summed E-state index contributed by atoms with van der Waals surface area (Å²) in [4.78, 5) is 2.05. The second kappa shape index (κ2) is 6.14. The van der Waals surface area contributed by atoms with E-state index in [0.29, 0.717) is 6.54 Å². The molecule has 0 spiro atoms. The van der Waals surface area contributed by atoms with E-state index in [1.54, 1.807) is 0 Å². The van der Waals surface area contributed by atoms with E-state index in [0.717, 1.165) is 25.3 Å². The Hall–Kier alpha value is -1.16. The van der Waals surface area contributed by atoms with Gasteiger partial charge in [0.25, 0.3) is 0 Å². The van der Waals surface area contributed by atoms with Gasteiger partial charge in [-0.1, -0.05) is 17.7 Å². The van der Waals surface area contributed by atoms with Gasteiger partial charge in [0.05, 0.1) is 0 Å². The van der Waals surface area contributed by atoms with Gasteiger partial charge in [-0.15, -0.1) is 0 Å². The fourth-order valence-corrected chi connectivity index (χ4v) is 2.19. The molecule has 1 aromatic rings. The number of halogens is 2. The smallest absolute Gasteiger partial charge is 0.239 e. The van der Waals surface area contributed by atoms with Gasteiger partial charge in [-0.05, 0) is 25.5 Å². The molecule has 0 saturated carbocycles. The van der Waals surface area contributed by atoms with Gasteiger partial charge in [0, 0.05) is 26.1 Å². The predicted molar refractivity (Wildman–Crippen MR) is 67.3 cm³/mol. The van der Waals surface area contributed by atoms with E-state index in [1.165, 1.54) is 5.56 Å². The topological polar surface area (TPSA) is 12.5 Å². The maximum atomic E-state index is 12.1. The van der Waals surface area contributed by atoms with Crippen molar-refractivity contribution in [2.24, 2.45) is 0 Å². The maximum Gasteiger partial charge on any atom is 0.239 e. The Bertz CT molecular complexity index is 367. The molecule has 4 heteroatoms. The first-order valence-corrected chi connectivity index (χ1v) is 6.37. The zero-order chi connectivity index (χ0) is 13.0. The standard InChI is InChI=1S/C14H19F2NO/c1-11-2-4-12(5-3-11)18-13-6-8-17(10-13)9-7-14(15)16/h2-5,13-14H,6-10H2,1H3/t13-/m0/s1. The van der Waals surface area contributed by atoms with Crippen molar-refractivity contribution in [1.29, 1.82) is 0 Å². The van der Waals surface area contributed by atoms with E-state index in [-0.39, 0.29) is 12.5 Å². The number of rotatable bonds is 5. The molecule has 0 amide bonds. The first-order valence-electron chi connectivity index (χ1n) is 6.37. The second-order valence-electron chi connectivity index (χ2n) is 4.82. The van der Waals surface area contributed by atoms with Crippen LogP contribution >= 0.6 is 0 Å². The lowest BCUT2D eigenvalue weighted by Gasteiger charge is -2.16. The first kappa shape index (κ1) is 13.3. The molecule has 100 valence electrons. The average Bonchev–Trinajstić information content (AvgIpc) is 2.77. The molecule has 2 nitrogen and oxygen atoms in total. The first-order chi connectivity index (χ1) is 8.63. The normalized spacial score (nSPS) is 20.6. The van der Waals surface area contributed by atoms with Crippen molar-refractivity contribution in [2.75, 3.05) is 19.6 Å². The number of benzene rings is 1. The fraction of sp³-hybridized carbons (Fsp3) is 0.571. The van der Waals surface area contributed by atoms with Crippen LogP contribution in [-0.4, -0.2) is 37.1 Å². The molecule has 0 aliphatic carbocycles. The molecule has 0 aromatic heterocycles. The van der Waals surface area contributed by atoms with Gasteiger partial charge in [-0.25, -0.2) is 8.78 Å². The van der Waals surface area contributed by atoms with Gasteiger partial charge in [0.1, 0.15) is 11.9 Å². The molecular formula is C14H19F2NO. The lowest BCUT2D eigenvalue weighted by Crippen LogP contribution is -2.26. The summed E-state index contributed by atoms with van der Waals surface area (Å²) in [6, 6.07) is 7.94. The molecule has 1 atom stereocenters. The Labute approximate surface area is 107 Å². The molecule has 1 aliphatic heterocycles. The van der Waals surface area contributed by atoms with Crippen molar-refractivity contribution in [3.63, 3.8) is 0 Å². The molecule has 0 N–H and O–H groups in total. The fourth-order valence-electron chi connectivity index (χ4n) is 2.19. The number of alkyl halides is 2. The number of likely N-dealkylation sites (tertiary alicyclic amines) is 1. The number of hydrogen-bond acceptors (Lipinski definition) is 2. The SMILES string of the molecule is Cc1ccc(O[C@H]2CCN(CCC(F)F)C2)cc1. The van der Waals surface area contributed by atoms with Crippen LogP contribution in [-0.2, 0) is 0 Å². The average molecular weight is 255 g/mol. The van der Waals surface area contributed by atoms with Crippen LogP contribution in [0.3, 0.4) is 0 Å². The summed E-state index contributed by atoms with van der Waals surface area (Å²) >= 11 is 0. The molecular weight excluding hydrogens is 236 g/mol. The summed E-state index contributed by atoms with van der Waals surface area (Å²) in [6.45, 7) is 4.10. The Balaban J connectivity index is 1.77. The van der Waals surface area contributed by atoms with Gasteiger partial charge in [-0.2, -0.15) is 0 Å². The van der Waals surface area contributed by atoms with Gasteiger partial charge in [0.2, 0.25) is 6.43 Å². The van der Waals surface area contributed by atoms with Gasteiger partial charge >= 0.3 is 0 Å². The van der Waals surface area contributed by atoms with E-state index < -0.39 is 6.43 Å². The molecule has 2 rings (SSSR count). The molecule has 18 heavy (non-hydrogen) atoms. The van der Waals surface area contributed by atoms with E-state index >= 15 is 0 Å². The summed E-state index contributed by atoms with van der Waals surface area (Å²) in [5, 5.41) is 0. The maximum absolute atomic E-state index is 12.1. The van der Waals surface area contributed by atoms with Crippen molar-refractivity contribution in [2.45, 2.75) is 32.3 Å². The van der Waals surface area contributed by atoms with E-state index in [2.05, 4.69) is 0 Å². The molecule has 0 bridgehead atoms. The predicted octanol–water partition coefficient (Wildman–Crippen LogP) is 3.10. The van der Waals surface area contributed by atoms with Crippen LogP contribution in [0, 0.1) is 6.92 Å². The molecule has 1 saturated heterocycles. The number of ether oxygens (including phenoxy) is 1. The van der Waals surface area contributed by atoms with Crippen molar-refractivity contribution < 1.29 is 13.5 Å². The van der Waals surface area contributed by atoms with Crippen LogP contribution in [0.1, 0.15) is 18.4 Å². The third-order valence-corrected chi connectivity index (χ3v) is 3.22. The van der Waals surface area contributed by atoms with E-state index in [9.17, 15) is 8.78 Å². The van der Waals surface area contributed by atoms with Crippen molar-refractivity contribution in [3.8, 4) is 5.75 Å². The highest BCUT2D eigenvalue weighted by Gasteiger charge is 2.24. The summed E-state index contributed by atoms with van der Waals surface area (Å²) in [5.74, 6) is 0.862. The highest BCUT2D eigenvalue weighted by atomic mass is 19.3. The number of nitrogens with zero attached hydrogens (tertiary/aromatic N) is 1. The minimum atomic E-state index is -2.21. The highest BCUT2D eigenvalue weighted by molar-refractivity contribution is 5.26. The molecule has 1 aromatic carbocycles. The molecule has 1 heterocycles. The Morgan fingerprint density at radius 2 is 2.06 bits per heavy atom. The Morgan fingerprint density at radius 3 is 2.72 bits per heavy atom. The summed E-state index contributed by atoms with van der Waals surface area (Å²) in [5.41, 5.74) is 1.20. The van der Waals surface area contributed by atoms with Crippen molar-refractivity contribution in [3.05, 3.63) is 29.8 Å². The summed E-state index contributed by atoms with van der Waals surface area (Å²) in [7, 11) is 0. The third-order valence-electron chi connectivity index (χ3n) is 3.22. The molecule has 1 aliphatic rings. The molecule has 0 radical (unpaired) electrons. The second-order valence-corrected chi connectivity index (χ2v) is 4.82. The summed E-state index contributed by atoms with van der Waals surface area (Å²) in [6.07, 6.45) is -1.21. The van der Waals surface area contributed by atoms with Crippen LogP contribution in [0.2, 0.25) is 0 Å². The van der Waals surface area contributed by atoms with Crippen LogP contribution in [0.25, 0.3) is 0 Å². The van der Waals surface area contributed by atoms with Gasteiger partial charge in [0.15, 0.2) is 0 Å². The minimum absolute atomic E-state index is 0.0444. The minimum Gasteiger partial charge on any atom is -0.489 e. The van der Waals surface area contributed by atoms with E-state index in [4.69, 9.17) is 4.74 Å². The van der Waals surface area contributed by atoms with Crippen LogP contribution in [0.5, 0.6) is 5.75 Å². The van der Waals surface area contributed by atoms with Gasteiger partial charge < -0.3 is 4.74 Å². The number of hydrogen-bond donors (Lipinski definition) is 0. The third kappa shape index (κ3) is 3.95. The zero-order valence-electron chi connectivity index (χ0n) is 10.6. The lowest BCUT2D eigenvalue weighted by atomic mass is 10.2. The van der Waals surface area contributed by atoms with Crippen LogP contribution in [0.15, 0.2) is 24.3 Å². The monoisotopic (exact) mass is 255 g/mol.